The summed E-state index contributed by atoms with van der Waals surface area (Å²) in [6.45, 7) is 2.79. The maximum atomic E-state index is 6.13. The molecule has 0 amide bonds. The van der Waals surface area contributed by atoms with Crippen LogP contribution in [0, 0.1) is 0 Å². The molecule has 0 saturated carbocycles. The van der Waals surface area contributed by atoms with E-state index in [0.29, 0.717) is 17.9 Å². The Hall–Kier alpha value is -3.34. The van der Waals surface area contributed by atoms with Gasteiger partial charge in [-0.3, -0.25) is 0 Å². The quantitative estimate of drug-likeness (QED) is 0.543. The fraction of sp³-hybridized carbons (Fsp3) is 0.143. The Bertz CT molecular complexity index is 1190. The number of hydrogen-bond donors (Lipinski definition) is 2. The van der Waals surface area contributed by atoms with Crippen molar-refractivity contribution in [2.75, 3.05) is 18.1 Å². The van der Waals surface area contributed by atoms with Gasteiger partial charge in [0.15, 0.2) is 0 Å². The molecule has 0 spiro atoms. The van der Waals surface area contributed by atoms with E-state index >= 15 is 0 Å². The van der Waals surface area contributed by atoms with E-state index in [1.807, 2.05) is 6.07 Å². The van der Waals surface area contributed by atoms with Crippen LogP contribution >= 0.6 is 0 Å². The maximum Gasteiger partial charge on any atom is 0.222 e. The van der Waals surface area contributed by atoms with Crippen molar-refractivity contribution in [1.29, 1.82) is 0 Å². The van der Waals surface area contributed by atoms with Crippen molar-refractivity contribution in [2.45, 2.75) is 12.8 Å². The molecule has 128 valence electrons. The minimum Gasteiger partial charge on any atom is -0.492 e. The Morgan fingerprint density at radius 3 is 2.65 bits per heavy atom. The highest BCUT2D eigenvalue weighted by molar-refractivity contribution is 6.01. The van der Waals surface area contributed by atoms with Crippen LogP contribution in [0.25, 0.3) is 32.8 Å². The van der Waals surface area contributed by atoms with Gasteiger partial charge in [-0.05, 0) is 34.0 Å². The molecule has 0 radical (unpaired) electrons. The largest absolute Gasteiger partial charge is 0.492 e. The predicted molar refractivity (Wildman–Crippen MR) is 105 cm³/mol. The molecule has 1 atom stereocenters. The molecule has 4 N–H and O–H groups in total. The van der Waals surface area contributed by atoms with Crippen LogP contribution in [-0.2, 0) is 0 Å². The Morgan fingerprint density at radius 1 is 1.00 bits per heavy atom. The molecule has 26 heavy (non-hydrogen) atoms. The first-order valence-electron chi connectivity index (χ1n) is 8.63. The van der Waals surface area contributed by atoms with Crippen LogP contribution < -0.4 is 16.2 Å². The molecule has 5 rings (SSSR count). The van der Waals surface area contributed by atoms with Gasteiger partial charge < -0.3 is 16.2 Å². The van der Waals surface area contributed by atoms with E-state index in [4.69, 9.17) is 16.2 Å². The Labute approximate surface area is 150 Å². The lowest BCUT2D eigenvalue weighted by Crippen LogP contribution is -2.02. The van der Waals surface area contributed by atoms with Crippen LogP contribution in [0.3, 0.4) is 0 Å². The number of ether oxygens (including phenoxy) is 1. The number of nitrogens with two attached hydrogens (primary N) is 2. The summed E-state index contributed by atoms with van der Waals surface area (Å²) in [5, 5.41) is 3.17. The van der Waals surface area contributed by atoms with E-state index in [2.05, 4.69) is 59.4 Å². The van der Waals surface area contributed by atoms with E-state index in [0.717, 1.165) is 27.8 Å². The predicted octanol–water partition coefficient (Wildman–Crippen LogP) is 4.11. The molecule has 1 unspecified atom stereocenters. The smallest absolute Gasteiger partial charge is 0.222 e. The number of nitrogen functional groups attached to an aromatic ring is 2. The molecule has 3 aromatic carbocycles. The van der Waals surface area contributed by atoms with E-state index in [1.54, 1.807) is 0 Å². The molecule has 0 bridgehead atoms. The number of fused-ring (bicyclic) bond motifs is 4. The van der Waals surface area contributed by atoms with Gasteiger partial charge in [-0.15, -0.1) is 0 Å². The van der Waals surface area contributed by atoms with Gasteiger partial charge in [-0.2, -0.15) is 4.98 Å². The third kappa shape index (κ3) is 2.10. The highest BCUT2D eigenvalue weighted by atomic mass is 16.5. The molecule has 1 aliphatic rings. The topological polar surface area (TPSA) is 87.0 Å². The van der Waals surface area contributed by atoms with Gasteiger partial charge in [0, 0.05) is 11.5 Å². The third-order valence-corrected chi connectivity index (χ3v) is 5.06. The SMILES string of the molecule is CC1COc2c1c(-c1ccc3ccccc3c1)cc1nc(N)nc(N)c21. The van der Waals surface area contributed by atoms with Crippen molar-refractivity contribution in [3.63, 3.8) is 0 Å². The van der Waals surface area contributed by atoms with Gasteiger partial charge in [0.2, 0.25) is 5.95 Å². The van der Waals surface area contributed by atoms with Gasteiger partial charge in [-0.1, -0.05) is 43.3 Å². The second kappa shape index (κ2) is 5.33. The molecule has 4 aromatic rings. The number of nitrogens with zero attached hydrogens (tertiary/aromatic N) is 2. The fourth-order valence-corrected chi connectivity index (χ4v) is 3.85. The fourth-order valence-electron chi connectivity index (χ4n) is 3.85. The van der Waals surface area contributed by atoms with E-state index in [1.165, 1.54) is 10.8 Å². The van der Waals surface area contributed by atoms with Gasteiger partial charge in [0.1, 0.15) is 11.6 Å². The normalized spacial score (nSPS) is 16.0. The Balaban J connectivity index is 1.86. The summed E-state index contributed by atoms with van der Waals surface area (Å²) < 4.78 is 5.99. The third-order valence-electron chi connectivity index (χ3n) is 5.06. The zero-order valence-corrected chi connectivity index (χ0v) is 14.4. The molecule has 0 saturated heterocycles. The van der Waals surface area contributed by atoms with Crippen LogP contribution in [-0.4, -0.2) is 16.6 Å². The lowest BCUT2D eigenvalue weighted by Gasteiger charge is -2.14. The van der Waals surface area contributed by atoms with Crippen molar-refractivity contribution >= 4 is 33.4 Å². The van der Waals surface area contributed by atoms with Crippen molar-refractivity contribution < 1.29 is 4.74 Å². The average Bonchev–Trinajstić information content (AvgIpc) is 3.02. The second-order valence-corrected chi connectivity index (χ2v) is 6.80. The summed E-state index contributed by atoms with van der Waals surface area (Å²) in [6.07, 6.45) is 0. The van der Waals surface area contributed by atoms with E-state index in [-0.39, 0.29) is 11.9 Å². The summed E-state index contributed by atoms with van der Waals surface area (Å²) >= 11 is 0. The number of anilines is 2. The molecular formula is C21H18N4O. The molecule has 1 aliphatic heterocycles. The van der Waals surface area contributed by atoms with Crippen molar-refractivity contribution in [3.8, 4) is 16.9 Å². The number of benzene rings is 3. The van der Waals surface area contributed by atoms with Gasteiger partial charge in [0.25, 0.3) is 0 Å². The summed E-state index contributed by atoms with van der Waals surface area (Å²) in [6, 6.07) is 16.9. The van der Waals surface area contributed by atoms with Crippen molar-refractivity contribution in [3.05, 3.63) is 54.1 Å². The number of hydrogen-bond acceptors (Lipinski definition) is 5. The molecule has 2 heterocycles. The minimum absolute atomic E-state index is 0.172. The van der Waals surface area contributed by atoms with Crippen LogP contribution in [0.5, 0.6) is 5.75 Å². The van der Waals surface area contributed by atoms with Crippen LogP contribution in [0.15, 0.2) is 48.5 Å². The highest BCUT2D eigenvalue weighted by Gasteiger charge is 2.28. The van der Waals surface area contributed by atoms with Gasteiger partial charge in [0.05, 0.1) is 17.5 Å². The first-order valence-corrected chi connectivity index (χ1v) is 8.63. The zero-order valence-electron chi connectivity index (χ0n) is 14.4. The van der Waals surface area contributed by atoms with Gasteiger partial charge >= 0.3 is 0 Å². The van der Waals surface area contributed by atoms with Crippen LogP contribution in [0.2, 0.25) is 0 Å². The standard InChI is InChI=1S/C21H18N4O/c1-11-10-26-19-17(11)15(9-16-18(19)20(22)25-21(23)24-16)14-7-6-12-4-2-3-5-13(12)8-14/h2-9,11H,10H2,1H3,(H4,22,23,24,25). The first kappa shape index (κ1) is 15.0. The second-order valence-electron chi connectivity index (χ2n) is 6.80. The Kier molecular flexibility index (Phi) is 3.06. The highest BCUT2D eigenvalue weighted by Crippen LogP contribution is 2.47. The summed E-state index contributed by atoms with van der Waals surface area (Å²) in [4.78, 5) is 8.51. The van der Waals surface area contributed by atoms with Crippen molar-refractivity contribution in [1.82, 2.24) is 9.97 Å². The van der Waals surface area contributed by atoms with Gasteiger partial charge in [-0.25, -0.2) is 4.98 Å². The molecule has 0 aliphatic carbocycles. The summed E-state index contributed by atoms with van der Waals surface area (Å²) in [5.74, 6) is 1.59. The molecule has 0 fully saturated rings. The lowest BCUT2D eigenvalue weighted by atomic mass is 9.90. The Morgan fingerprint density at radius 2 is 1.81 bits per heavy atom. The molecule has 5 heteroatoms. The zero-order chi connectivity index (χ0) is 17.8. The maximum absolute atomic E-state index is 6.13. The summed E-state index contributed by atoms with van der Waals surface area (Å²) in [5.41, 5.74) is 16.1. The summed E-state index contributed by atoms with van der Waals surface area (Å²) in [7, 11) is 0. The van der Waals surface area contributed by atoms with E-state index < -0.39 is 0 Å². The van der Waals surface area contributed by atoms with Crippen LogP contribution in [0.4, 0.5) is 11.8 Å². The van der Waals surface area contributed by atoms with Crippen molar-refractivity contribution in [2.24, 2.45) is 0 Å². The number of aromatic nitrogens is 2. The molecule has 5 nitrogen and oxygen atoms in total. The monoisotopic (exact) mass is 342 g/mol. The number of rotatable bonds is 1. The lowest BCUT2D eigenvalue weighted by molar-refractivity contribution is 0.340. The minimum atomic E-state index is 0.172. The van der Waals surface area contributed by atoms with E-state index in [9.17, 15) is 0 Å². The molecular weight excluding hydrogens is 324 g/mol. The molecule has 1 aromatic heterocycles. The average molecular weight is 342 g/mol. The van der Waals surface area contributed by atoms with Crippen LogP contribution in [0.1, 0.15) is 18.4 Å². The first-order chi connectivity index (χ1) is 12.6.